The number of amides is 2. The molecular formula is C25H22ClN3O2. The fourth-order valence-electron chi connectivity index (χ4n) is 3.58. The highest BCUT2D eigenvalue weighted by Crippen LogP contribution is 2.33. The van der Waals surface area contributed by atoms with Crippen LogP contribution in [0.1, 0.15) is 27.8 Å². The number of pyridine rings is 1. The van der Waals surface area contributed by atoms with Crippen LogP contribution in [0.5, 0.6) is 0 Å². The summed E-state index contributed by atoms with van der Waals surface area (Å²) >= 11 is 6.08. The average Bonchev–Trinajstić information content (AvgIpc) is 2.97. The zero-order chi connectivity index (χ0) is 22.1. The number of anilines is 1. The lowest BCUT2D eigenvalue weighted by Crippen LogP contribution is -2.32. The molecule has 5 nitrogen and oxygen atoms in total. The van der Waals surface area contributed by atoms with Gasteiger partial charge in [0.2, 0.25) is 0 Å². The van der Waals surface area contributed by atoms with Crippen molar-refractivity contribution in [3.05, 3.63) is 99.5 Å². The maximum atomic E-state index is 13.4. The van der Waals surface area contributed by atoms with Gasteiger partial charge in [0.05, 0.1) is 12.1 Å². The van der Waals surface area contributed by atoms with E-state index in [1.807, 2.05) is 57.2 Å². The van der Waals surface area contributed by atoms with Crippen LogP contribution in [0.2, 0.25) is 5.02 Å². The fraction of sp³-hybridized carbons (Fsp3) is 0.160. The second-order valence-electron chi connectivity index (χ2n) is 7.69. The first kappa shape index (κ1) is 20.8. The highest BCUT2D eigenvalue weighted by Gasteiger charge is 2.39. The Bertz CT molecular complexity index is 1220. The third-order valence-corrected chi connectivity index (χ3v) is 5.71. The number of imide groups is 1. The molecule has 0 atom stereocenters. The molecule has 1 N–H and O–H groups in total. The summed E-state index contributed by atoms with van der Waals surface area (Å²) in [5.74, 6) is -0.692. The fourth-order valence-corrected chi connectivity index (χ4v) is 3.80. The van der Waals surface area contributed by atoms with E-state index in [1.165, 1.54) is 4.90 Å². The van der Waals surface area contributed by atoms with E-state index in [0.29, 0.717) is 16.2 Å². The molecule has 0 radical (unpaired) electrons. The number of nitrogens with one attached hydrogen (secondary N) is 1. The van der Waals surface area contributed by atoms with Gasteiger partial charge in [0, 0.05) is 23.1 Å². The summed E-state index contributed by atoms with van der Waals surface area (Å²) in [7, 11) is 0. The average molecular weight is 432 g/mol. The van der Waals surface area contributed by atoms with E-state index < -0.39 is 0 Å². The number of hydrogen-bond donors (Lipinski definition) is 1. The summed E-state index contributed by atoms with van der Waals surface area (Å²) in [6.07, 6.45) is 3.32. The van der Waals surface area contributed by atoms with Crippen molar-refractivity contribution in [3.63, 3.8) is 0 Å². The number of halogens is 1. The molecule has 0 fully saturated rings. The molecule has 0 aliphatic carbocycles. The molecule has 0 bridgehead atoms. The second-order valence-corrected chi connectivity index (χ2v) is 8.13. The lowest BCUT2D eigenvalue weighted by Gasteiger charge is -2.15. The SMILES string of the molecule is Cc1ccc(C2=C(Nc3ccc(Cl)cc3C)C(=O)N(Cc3cccnc3)C2=O)cc1C. The molecule has 31 heavy (non-hydrogen) atoms. The van der Waals surface area contributed by atoms with E-state index >= 15 is 0 Å². The molecule has 6 heteroatoms. The summed E-state index contributed by atoms with van der Waals surface area (Å²) < 4.78 is 0. The molecule has 0 spiro atoms. The van der Waals surface area contributed by atoms with Crippen molar-refractivity contribution in [1.29, 1.82) is 0 Å². The largest absolute Gasteiger partial charge is 0.350 e. The van der Waals surface area contributed by atoms with Crippen LogP contribution in [-0.4, -0.2) is 21.7 Å². The lowest BCUT2D eigenvalue weighted by atomic mass is 9.99. The summed E-state index contributed by atoms with van der Waals surface area (Å²) in [5.41, 5.74) is 5.91. The van der Waals surface area contributed by atoms with E-state index in [9.17, 15) is 9.59 Å². The second kappa shape index (κ2) is 8.36. The summed E-state index contributed by atoms with van der Waals surface area (Å²) in [5, 5.41) is 3.82. The highest BCUT2D eigenvalue weighted by molar-refractivity contribution is 6.36. The van der Waals surface area contributed by atoms with Crippen molar-refractivity contribution in [2.24, 2.45) is 0 Å². The van der Waals surface area contributed by atoms with Crippen molar-refractivity contribution in [1.82, 2.24) is 9.88 Å². The Hall–Kier alpha value is -3.44. The number of nitrogens with zero attached hydrogens (tertiary/aromatic N) is 2. The molecule has 1 aromatic heterocycles. The lowest BCUT2D eigenvalue weighted by molar-refractivity contribution is -0.137. The van der Waals surface area contributed by atoms with Gasteiger partial charge in [-0.3, -0.25) is 19.5 Å². The van der Waals surface area contributed by atoms with E-state index in [-0.39, 0.29) is 24.1 Å². The smallest absolute Gasteiger partial charge is 0.278 e. The maximum absolute atomic E-state index is 13.4. The van der Waals surface area contributed by atoms with Gasteiger partial charge >= 0.3 is 0 Å². The molecule has 156 valence electrons. The molecule has 4 rings (SSSR count). The van der Waals surface area contributed by atoms with Gasteiger partial charge in [-0.15, -0.1) is 0 Å². The number of aromatic nitrogens is 1. The third-order valence-electron chi connectivity index (χ3n) is 5.48. The minimum absolute atomic E-state index is 0.157. The molecular weight excluding hydrogens is 410 g/mol. The van der Waals surface area contributed by atoms with Gasteiger partial charge in [-0.25, -0.2) is 0 Å². The monoisotopic (exact) mass is 431 g/mol. The Labute approximate surface area is 186 Å². The van der Waals surface area contributed by atoms with Crippen LogP contribution in [0, 0.1) is 20.8 Å². The topological polar surface area (TPSA) is 62.3 Å². The van der Waals surface area contributed by atoms with Gasteiger partial charge in [-0.05, 0) is 72.9 Å². The predicted molar refractivity (Wildman–Crippen MR) is 122 cm³/mol. The van der Waals surface area contributed by atoms with Gasteiger partial charge < -0.3 is 5.32 Å². The van der Waals surface area contributed by atoms with Crippen LogP contribution < -0.4 is 5.32 Å². The quantitative estimate of drug-likeness (QED) is 0.574. The molecule has 2 aromatic carbocycles. The first-order valence-electron chi connectivity index (χ1n) is 9.95. The third kappa shape index (κ3) is 4.09. The summed E-state index contributed by atoms with van der Waals surface area (Å²) in [6.45, 7) is 6.06. The van der Waals surface area contributed by atoms with Crippen molar-refractivity contribution >= 4 is 34.7 Å². The Morgan fingerprint density at radius 3 is 2.42 bits per heavy atom. The van der Waals surface area contributed by atoms with Crippen LogP contribution in [0.25, 0.3) is 5.57 Å². The van der Waals surface area contributed by atoms with Gasteiger partial charge in [0.15, 0.2) is 0 Å². The molecule has 2 heterocycles. The van der Waals surface area contributed by atoms with Crippen LogP contribution in [-0.2, 0) is 16.1 Å². The molecule has 0 saturated carbocycles. The predicted octanol–water partition coefficient (Wildman–Crippen LogP) is 5.05. The highest BCUT2D eigenvalue weighted by atomic mass is 35.5. The van der Waals surface area contributed by atoms with Gasteiger partial charge in [-0.1, -0.05) is 35.9 Å². The molecule has 3 aromatic rings. The number of carbonyl (C=O) groups excluding carboxylic acids is 2. The van der Waals surface area contributed by atoms with Gasteiger partial charge in [0.25, 0.3) is 11.8 Å². The van der Waals surface area contributed by atoms with Crippen LogP contribution >= 0.6 is 11.6 Å². The van der Waals surface area contributed by atoms with Gasteiger partial charge in [0.1, 0.15) is 5.70 Å². The number of carbonyl (C=O) groups is 2. The Kier molecular flexibility index (Phi) is 5.61. The molecule has 1 aliphatic heterocycles. The standard InChI is InChI=1S/C25H22ClN3O2/c1-15-6-7-19(11-16(15)2)22-23(28-21-9-8-20(26)12-17(21)3)25(31)29(24(22)30)14-18-5-4-10-27-13-18/h4-13,28H,14H2,1-3H3. The molecule has 0 unspecified atom stereocenters. The molecule has 2 amide bonds. The van der Waals surface area contributed by atoms with Gasteiger partial charge in [-0.2, -0.15) is 0 Å². The summed E-state index contributed by atoms with van der Waals surface area (Å²) in [6, 6.07) is 14.8. The number of aryl methyl sites for hydroxylation is 3. The first-order chi connectivity index (χ1) is 14.8. The number of hydrogen-bond acceptors (Lipinski definition) is 4. The zero-order valence-electron chi connectivity index (χ0n) is 17.6. The van der Waals surface area contributed by atoms with E-state index in [1.54, 1.807) is 24.5 Å². The van der Waals surface area contributed by atoms with Crippen molar-refractivity contribution in [3.8, 4) is 0 Å². The summed E-state index contributed by atoms with van der Waals surface area (Å²) in [4.78, 5) is 32.1. The van der Waals surface area contributed by atoms with E-state index in [0.717, 1.165) is 27.9 Å². The van der Waals surface area contributed by atoms with Crippen LogP contribution in [0.4, 0.5) is 5.69 Å². The van der Waals surface area contributed by atoms with E-state index in [4.69, 9.17) is 11.6 Å². The Morgan fingerprint density at radius 1 is 0.935 bits per heavy atom. The Balaban J connectivity index is 1.79. The minimum atomic E-state index is -0.364. The molecule has 0 saturated heterocycles. The van der Waals surface area contributed by atoms with Crippen molar-refractivity contribution < 1.29 is 9.59 Å². The van der Waals surface area contributed by atoms with E-state index in [2.05, 4.69) is 10.3 Å². The number of benzene rings is 2. The zero-order valence-corrected chi connectivity index (χ0v) is 18.3. The number of rotatable bonds is 5. The van der Waals surface area contributed by atoms with Crippen LogP contribution in [0.15, 0.2) is 66.6 Å². The molecule has 1 aliphatic rings. The van der Waals surface area contributed by atoms with Crippen LogP contribution in [0.3, 0.4) is 0 Å². The van der Waals surface area contributed by atoms with Crippen molar-refractivity contribution in [2.75, 3.05) is 5.32 Å². The normalized spacial score (nSPS) is 13.9. The maximum Gasteiger partial charge on any atom is 0.278 e. The first-order valence-corrected chi connectivity index (χ1v) is 10.3. The minimum Gasteiger partial charge on any atom is -0.350 e. The van der Waals surface area contributed by atoms with Crippen molar-refractivity contribution in [2.45, 2.75) is 27.3 Å². The Morgan fingerprint density at radius 2 is 1.74 bits per heavy atom.